The second-order valence-electron chi connectivity index (χ2n) is 10.5. The summed E-state index contributed by atoms with van der Waals surface area (Å²) in [6, 6.07) is 54.4. The molecule has 8 rings (SSSR count). The van der Waals surface area contributed by atoms with Crippen molar-refractivity contribution in [1.29, 1.82) is 0 Å². The highest BCUT2D eigenvalue weighted by Gasteiger charge is 2.16. The summed E-state index contributed by atoms with van der Waals surface area (Å²) in [5.41, 5.74) is 6.71. The van der Waals surface area contributed by atoms with Crippen LogP contribution >= 0.6 is 0 Å². The number of nitrogens with zero attached hydrogens (tertiary/aromatic N) is 2. The smallest absolute Gasteiger partial charge is 0.0702 e. The average Bonchev–Trinajstić information content (AvgIpc) is 3.04. The van der Waals surface area contributed by atoms with E-state index in [2.05, 4.69) is 150 Å². The number of fused-ring (bicyclic) bond motifs is 4. The zero-order chi connectivity index (χ0) is 27.2. The lowest BCUT2D eigenvalue weighted by molar-refractivity contribution is 1.30. The van der Waals surface area contributed by atoms with Crippen LogP contribution in [0.15, 0.2) is 158 Å². The maximum atomic E-state index is 4.71. The van der Waals surface area contributed by atoms with Crippen LogP contribution in [-0.4, -0.2) is 4.98 Å². The summed E-state index contributed by atoms with van der Waals surface area (Å²) < 4.78 is 0. The number of hydrogen-bond acceptors (Lipinski definition) is 2. The first-order chi connectivity index (χ1) is 20.3. The van der Waals surface area contributed by atoms with Crippen molar-refractivity contribution in [2.24, 2.45) is 0 Å². The Hall–Kier alpha value is -5.47. The summed E-state index contributed by atoms with van der Waals surface area (Å²) in [7, 11) is 0. The first-order valence-electron chi connectivity index (χ1n) is 14.0. The highest BCUT2D eigenvalue weighted by atomic mass is 15.1. The molecular formula is C39H26N2. The van der Waals surface area contributed by atoms with Gasteiger partial charge in [0.2, 0.25) is 0 Å². The normalized spacial score (nSPS) is 11.4. The fourth-order valence-electron chi connectivity index (χ4n) is 5.93. The molecule has 2 nitrogen and oxygen atoms in total. The lowest BCUT2D eigenvalue weighted by Crippen LogP contribution is -2.10. The molecule has 0 saturated heterocycles. The fourth-order valence-corrected chi connectivity index (χ4v) is 5.93. The highest BCUT2D eigenvalue weighted by Crippen LogP contribution is 2.41. The summed E-state index contributed by atoms with van der Waals surface area (Å²) in [5, 5.41) is 8.51. The molecule has 0 atom stereocenters. The van der Waals surface area contributed by atoms with Gasteiger partial charge in [0.25, 0.3) is 0 Å². The van der Waals surface area contributed by atoms with E-state index in [9.17, 15) is 0 Å². The molecule has 0 fully saturated rings. The monoisotopic (exact) mass is 522 g/mol. The van der Waals surface area contributed by atoms with Crippen LogP contribution in [0, 0.1) is 0 Å². The minimum absolute atomic E-state index is 1.01. The predicted molar refractivity (Wildman–Crippen MR) is 174 cm³/mol. The lowest BCUT2D eigenvalue weighted by atomic mass is 9.99. The van der Waals surface area contributed by atoms with Crippen molar-refractivity contribution in [3.05, 3.63) is 158 Å². The summed E-state index contributed by atoms with van der Waals surface area (Å²) in [6.07, 6.45) is 1.98. The number of pyridine rings is 1. The van der Waals surface area contributed by atoms with Gasteiger partial charge in [0.05, 0.1) is 11.2 Å². The number of aromatic nitrogens is 1. The molecule has 0 bridgehead atoms. The maximum Gasteiger partial charge on any atom is 0.0702 e. The van der Waals surface area contributed by atoms with Crippen molar-refractivity contribution < 1.29 is 0 Å². The van der Waals surface area contributed by atoms with E-state index in [-0.39, 0.29) is 0 Å². The van der Waals surface area contributed by atoms with Gasteiger partial charge in [-0.25, -0.2) is 0 Å². The van der Waals surface area contributed by atoms with E-state index in [4.69, 9.17) is 4.98 Å². The Bertz CT molecular complexity index is 2220. The van der Waals surface area contributed by atoms with Crippen LogP contribution in [0.1, 0.15) is 0 Å². The van der Waals surface area contributed by atoms with Crippen LogP contribution in [0.2, 0.25) is 0 Å². The van der Waals surface area contributed by atoms with Crippen LogP contribution in [0.4, 0.5) is 17.1 Å². The van der Waals surface area contributed by atoms with Crippen molar-refractivity contribution in [2.45, 2.75) is 0 Å². The average molecular weight is 523 g/mol. The summed E-state index contributed by atoms with van der Waals surface area (Å²) in [5.74, 6) is 0. The second-order valence-corrected chi connectivity index (χ2v) is 10.5. The minimum Gasteiger partial charge on any atom is -0.310 e. The summed E-state index contributed by atoms with van der Waals surface area (Å²) >= 11 is 0. The second kappa shape index (κ2) is 9.62. The van der Waals surface area contributed by atoms with Gasteiger partial charge in [0.15, 0.2) is 0 Å². The van der Waals surface area contributed by atoms with Crippen molar-refractivity contribution in [3.8, 4) is 11.1 Å². The zero-order valence-electron chi connectivity index (χ0n) is 22.4. The molecule has 8 aromatic rings. The molecule has 192 valence electrons. The van der Waals surface area contributed by atoms with Crippen LogP contribution in [0.3, 0.4) is 0 Å². The molecule has 2 heteroatoms. The van der Waals surface area contributed by atoms with E-state index in [0.717, 1.165) is 39.1 Å². The molecule has 0 spiro atoms. The first-order valence-corrected chi connectivity index (χ1v) is 14.0. The van der Waals surface area contributed by atoms with Gasteiger partial charge in [-0.2, -0.15) is 0 Å². The van der Waals surface area contributed by atoms with Gasteiger partial charge < -0.3 is 4.90 Å². The number of benzene rings is 7. The molecule has 0 radical (unpaired) electrons. The number of anilines is 3. The Morgan fingerprint density at radius 3 is 1.98 bits per heavy atom. The molecule has 0 unspecified atom stereocenters. The van der Waals surface area contributed by atoms with E-state index in [1.807, 2.05) is 12.3 Å². The molecule has 0 amide bonds. The van der Waals surface area contributed by atoms with E-state index >= 15 is 0 Å². The first kappa shape index (κ1) is 23.4. The standard InChI is InChI=1S/C39H26N2/c1-2-13-35(14-3-1)41(39-16-8-12-31-21-28-9-4-5-10-29(28)25-37(31)39)36-20-19-27-17-18-30(22-33(27)24-36)34-23-32-11-6-7-15-38(32)40-26-34/h1-26H. The summed E-state index contributed by atoms with van der Waals surface area (Å²) in [6.45, 7) is 0. The molecule has 0 aliphatic heterocycles. The third kappa shape index (κ3) is 4.18. The van der Waals surface area contributed by atoms with E-state index < -0.39 is 0 Å². The number of rotatable bonds is 4. The molecule has 0 aliphatic carbocycles. The van der Waals surface area contributed by atoms with Gasteiger partial charge in [-0.05, 0) is 93.2 Å². The topological polar surface area (TPSA) is 16.1 Å². The van der Waals surface area contributed by atoms with Gasteiger partial charge in [-0.3, -0.25) is 4.98 Å². The highest BCUT2D eigenvalue weighted by molar-refractivity contribution is 6.06. The zero-order valence-corrected chi connectivity index (χ0v) is 22.4. The van der Waals surface area contributed by atoms with Crippen LogP contribution in [-0.2, 0) is 0 Å². The Morgan fingerprint density at radius 1 is 0.390 bits per heavy atom. The summed E-state index contributed by atoms with van der Waals surface area (Å²) in [4.78, 5) is 7.08. The van der Waals surface area contributed by atoms with Crippen molar-refractivity contribution in [2.75, 3.05) is 4.90 Å². The molecule has 1 heterocycles. The van der Waals surface area contributed by atoms with Crippen LogP contribution < -0.4 is 4.90 Å². The molecule has 1 aromatic heterocycles. The quantitative estimate of drug-likeness (QED) is 0.214. The van der Waals surface area contributed by atoms with Crippen molar-refractivity contribution in [3.63, 3.8) is 0 Å². The van der Waals surface area contributed by atoms with Crippen LogP contribution in [0.5, 0.6) is 0 Å². The van der Waals surface area contributed by atoms with Gasteiger partial charge in [-0.1, -0.05) is 91.0 Å². The van der Waals surface area contributed by atoms with E-state index in [1.54, 1.807) is 0 Å². The Morgan fingerprint density at radius 2 is 1.10 bits per heavy atom. The Labute approximate surface area is 238 Å². The largest absolute Gasteiger partial charge is 0.310 e. The predicted octanol–water partition coefficient (Wildman–Crippen LogP) is 10.8. The molecule has 7 aromatic carbocycles. The third-order valence-corrected chi connectivity index (χ3v) is 7.98. The van der Waals surface area contributed by atoms with Gasteiger partial charge in [0.1, 0.15) is 0 Å². The molecule has 0 aliphatic rings. The Kier molecular flexibility index (Phi) is 5.49. The number of para-hydroxylation sites is 2. The van der Waals surface area contributed by atoms with Gasteiger partial charge in [0, 0.05) is 33.9 Å². The maximum absolute atomic E-state index is 4.71. The fraction of sp³-hybridized carbons (Fsp3) is 0. The van der Waals surface area contributed by atoms with Gasteiger partial charge >= 0.3 is 0 Å². The minimum atomic E-state index is 1.01. The lowest BCUT2D eigenvalue weighted by Gasteiger charge is -2.27. The van der Waals surface area contributed by atoms with Crippen molar-refractivity contribution >= 4 is 60.3 Å². The van der Waals surface area contributed by atoms with E-state index in [0.29, 0.717) is 0 Å². The van der Waals surface area contributed by atoms with Crippen molar-refractivity contribution in [1.82, 2.24) is 4.98 Å². The number of hydrogen-bond donors (Lipinski definition) is 0. The SMILES string of the molecule is c1ccc(N(c2ccc3ccc(-c4cnc5ccccc5c4)cc3c2)c2cccc3cc4ccccc4cc23)cc1. The molecule has 0 saturated carbocycles. The van der Waals surface area contributed by atoms with Crippen LogP contribution in [0.25, 0.3) is 54.3 Å². The Balaban J connectivity index is 1.31. The molecule has 41 heavy (non-hydrogen) atoms. The van der Waals surface area contributed by atoms with Gasteiger partial charge in [-0.15, -0.1) is 0 Å². The molecular weight excluding hydrogens is 496 g/mol. The third-order valence-electron chi connectivity index (χ3n) is 7.98. The van der Waals surface area contributed by atoms with E-state index in [1.165, 1.54) is 32.3 Å². The molecule has 0 N–H and O–H groups in total.